The molecule has 1 aliphatic carbocycles. The molecule has 0 spiro atoms. The van der Waals surface area contributed by atoms with E-state index in [2.05, 4.69) is 4.72 Å². The van der Waals surface area contributed by atoms with E-state index in [4.69, 9.17) is 22.0 Å². The molecule has 1 aliphatic rings. The minimum absolute atomic E-state index is 0.00699. The van der Waals surface area contributed by atoms with E-state index >= 15 is 0 Å². The third-order valence-electron chi connectivity index (χ3n) is 3.78. The first kappa shape index (κ1) is 16.2. The summed E-state index contributed by atoms with van der Waals surface area (Å²) in [7, 11) is -3.69. The van der Waals surface area contributed by atoms with Crippen LogP contribution in [-0.2, 0) is 10.0 Å². The van der Waals surface area contributed by atoms with E-state index in [0.717, 1.165) is 12.8 Å². The van der Waals surface area contributed by atoms with E-state index in [9.17, 15) is 8.42 Å². The first-order valence-corrected chi connectivity index (χ1v) is 8.65. The largest absolute Gasteiger partial charge is 0.396 e. The van der Waals surface area contributed by atoms with Crippen LogP contribution >= 0.6 is 11.6 Å². The van der Waals surface area contributed by atoms with Crippen LogP contribution in [0.4, 0.5) is 0 Å². The van der Waals surface area contributed by atoms with Crippen molar-refractivity contribution in [3.05, 3.63) is 28.8 Å². The van der Waals surface area contributed by atoms with Gasteiger partial charge in [0.2, 0.25) is 10.0 Å². The zero-order valence-corrected chi connectivity index (χ0v) is 13.0. The molecule has 0 aliphatic heterocycles. The number of aliphatic hydroxyl groups excluding tert-OH is 1. The third-order valence-corrected chi connectivity index (χ3v) is 5.78. The molecule has 1 saturated carbocycles. The molecule has 0 radical (unpaired) electrons. The maximum absolute atomic E-state index is 12.3. The molecule has 2 N–H and O–H groups in total. The summed E-state index contributed by atoms with van der Waals surface area (Å²) in [6.07, 6.45) is 3.03. The smallest absolute Gasteiger partial charge is 0.242 e. The Kier molecular flexibility index (Phi) is 5.22. The molecule has 0 amide bonds. The van der Waals surface area contributed by atoms with Gasteiger partial charge in [-0.05, 0) is 49.8 Å². The lowest BCUT2D eigenvalue weighted by molar-refractivity contribution is 0.180. The van der Waals surface area contributed by atoms with Crippen molar-refractivity contribution in [2.75, 3.05) is 6.61 Å². The van der Waals surface area contributed by atoms with Gasteiger partial charge in [0.05, 0.1) is 16.7 Å². The number of hydrogen-bond donors (Lipinski definition) is 2. The lowest BCUT2D eigenvalue weighted by Gasteiger charge is -2.27. The molecule has 2 rings (SSSR count). The highest BCUT2D eigenvalue weighted by Crippen LogP contribution is 2.27. The second-order valence-corrected chi connectivity index (χ2v) is 7.37. The number of nitrogens with one attached hydrogen (secondary N) is 1. The predicted molar refractivity (Wildman–Crippen MR) is 79.3 cm³/mol. The Bertz CT molecular complexity index is 647. The number of sulfonamides is 1. The normalized spacial score (nSPS) is 22.7. The Balaban J connectivity index is 2.11. The summed E-state index contributed by atoms with van der Waals surface area (Å²) in [5, 5.41) is 17.9. The van der Waals surface area contributed by atoms with E-state index in [1.165, 1.54) is 18.2 Å². The maximum atomic E-state index is 12.3. The van der Waals surface area contributed by atoms with Gasteiger partial charge in [-0.3, -0.25) is 0 Å². The van der Waals surface area contributed by atoms with Crippen LogP contribution in [0.3, 0.4) is 0 Å². The predicted octanol–water partition coefficient (Wildman–Crippen LogP) is 2.04. The highest BCUT2D eigenvalue weighted by molar-refractivity contribution is 7.89. The van der Waals surface area contributed by atoms with Crippen LogP contribution in [0.2, 0.25) is 5.02 Å². The van der Waals surface area contributed by atoms with E-state index in [0.29, 0.717) is 18.4 Å². The van der Waals surface area contributed by atoms with Gasteiger partial charge in [-0.25, -0.2) is 13.1 Å². The second kappa shape index (κ2) is 6.75. The summed E-state index contributed by atoms with van der Waals surface area (Å²) in [6.45, 7) is 0.154. The Morgan fingerprint density at radius 1 is 1.33 bits per heavy atom. The van der Waals surface area contributed by atoms with E-state index < -0.39 is 10.0 Å². The average molecular weight is 329 g/mol. The number of halogens is 1. The van der Waals surface area contributed by atoms with E-state index in [-0.39, 0.29) is 28.5 Å². The van der Waals surface area contributed by atoms with Gasteiger partial charge < -0.3 is 5.11 Å². The molecule has 0 atom stereocenters. The second-order valence-electron chi connectivity index (χ2n) is 5.28. The van der Waals surface area contributed by atoms with Crippen molar-refractivity contribution in [2.24, 2.45) is 5.92 Å². The van der Waals surface area contributed by atoms with E-state index in [1.807, 2.05) is 6.07 Å². The first-order chi connectivity index (χ1) is 9.96. The molecule has 1 fully saturated rings. The van der Waals surface area contributed by atoms with Crippen molar-refractivity contribution in [2.45, 2.75) is 36.6 Å². The highest BCUT2D eigenvalue weighted by Gasteiger charge is 2.26. The fourth-order valence-corrected chi connectivity index (χ4v) is 4.38. The summed E-state index contributed by atoms with van der Waals surface area (Å²) in [6, 6.07) is 5.91. The van der Waals surface area contributed by atoms with Gasteiger partial charge in [0.25, 0.3) is 0 Å². The molecule has 7 heteroatoms. The van der Waals surface area contributed by atoms with Crippen LogP contribution in [0.15, 0.2) is 23.1 Å². The number of nitrogens with zero attached hydrogens (tertiary/aromatic N) is 1. The minimum Gasteiger partial charge on any atom is -0.396 e. The maximum Gasteiger partial charge on any atom is 0.242 e. The van der Waals surface area contributed by atoms with Crippen LogP contribution in [0.25, 0.3) is 0 Å². The monoisotopic (exact) mass is 328 g/mol. The first-order valence-electron chi connectivity index (χ1n) is 6.79. The molecule has 0 saturated heterocycles. The third kappa shape index (κ3) is 3.95. The van der Waals surface area contributed by atoms with Gasteiger partial charge in [-0.15, -0.1) is 0 Å². The molecular formula is C14H17ClN2O3S. The number of nitriles is 1. The van der Waals surface area contributed by atoms with Crippen LogP contribution in [0, 0.1) is 17.2 Å². The van der Waals surface area contributed by atoms with Crippen molar-refractivity contribution in [3.8, 4) is 6.07 Å². The van der Waals surface area contributed by atoms with Crippen molar-refractivity contribution in [3.63, 3.8) is 0 Å². The number of benzene rings is 1. The van der Waals surface area contributed by atoms with Crippen molar-refractivity contribution < 1.29 is 13.5 Å². The molecule has 5 nitrogen and oxygen atoms in total. The van der Waals surface area contributed by atoms with Crippen molar-refractivity contribution in [1.82, 2.24) is 4.72 Å². The van der Waals surface area contributed by atoms with Gasteiger partial charge in [-0.1, -0.05) is 11.6 Å². The summed E-state index contributed by atoms with van der Waals surface area (Å²) < 4.78 is 27.3. The number of hydrogen-bond acceptors (Lipinski definition) is 4. The fourth-order valence-electron chi connectivity index (χ4n) is 2.53. The van der Waals surface area contributed by atoms with Gasteiger partial charge in [0.15, 0.2) is 0 Å². The van der Waals surface area contributed by atoms with Gasteiger partial charge >= 0.3 is 0 Å². The van der Waals surface area contributed by atoms with E-state index in [1.54, 1.807) is 0 Å². The number of rotatable bonds is 4. The molecule has 1 aromatic carbocycles. The quantitative estimate of drug-likeness (QED) is 0.885. The molecule has 0 bridgehead atoms. The number of aliphatic hydroxyl groups is 1. The Morgan fingerprint density at radius 2 is 2.00 bits per heavy atom. The topological polar surface area (TPSA) is 90.2 Å². The molecule has 0 heterocycles. The standard InChI is InChI=1S/C14H17ClN2O3S/c15-13-7-11(8-16)3-6-14(13)21(19,20)17-12-4-1-10(9-18)2-5-12/h3,6-7,10,12,17-18H,1-2,4-5,9H2. The molecule has 0 aromatic heterocycles. The van der Waals surface area contributed by atoms with Crippen LogP contribution < -0.4 is 4.72 Å². The van der Waals surface area contributed by atoms with Crippen LogP contribution in [-0.4, -0.2) is 26.2 Å². The lowest BCUT2D eigenvalue weighted by atomic mass is 9.87. The average Bonchev–Trinajstić information content (AvgIpc) is 2.47. The van der Waals surface area contributed by atoms with Crippen molar-refractivity contribution >= 4 is 21.6 Å². The molecule has 114 valence electrons. The van der Waals surface area contributed by atoms with Gasteiger partial charge in [0, 0.05) is 12.6 Å². The molecule has 21 heavy (non-hydrogen) atoms. The van der Waals surface area contributed by atoms with Gasteiger partial charge in [-0.2, -0.15) is 5.26 Å². The summed E-state index contributed by atoms with van der Waals surface area (Å²) in [4.78, 5) is -0.00699. The molecular weight excluding hydrogens is 312 g/mol. The zero-order valence-electron chi connectivity index (χ0n) is 11.4. The fraction of sp³-hybridized carbons (Fsp3) is 0.500. The van der Waals surface area contributed by atoms with Crippen LogP contribution in [0.5, 0.6) is 0 Å². The Labute approximate surface area is 129 Å². The summed E-state index contributed by atoms with van der Waals surface area (Å²) in [5.74, 6) is 0.268. The minimum atomic E-state index is -3.69. The molecule has 0 unspecified atom stereocenters. The SMILES string of the molecule is N#Cc1ccc(S(=O)(=O)NC2CCC(CO)CC2)c(Cl)c1. The summed E-state index contributed by atoms with van der Waals surface area (Å²) in [5.41, 5.74) is 0.322. The van der Waals surface area contributed by atoms with Crippen LogP contribution in [0.1, 0.15) is 31.2 Å². The Hall–Kier alpha value is -1.13. The van der Waals surface area contributed by atoms with Gasteiger partial charge in [0.1, 0.15) is 4.90 Å². The van der Waals surface area contributed by atoms with Crippen molar-refractivity contribution in [1.29, 1.82) is 5.26 Å². The lowest BCUT2D eigenvalue weighted by Crippen LogP contribution is -2.38. The Morgan fingerprint density at radius 3 is 2.52 bits per heavy atom. The highest BCUT2D eigenvalue weighted by atomic mass is 35.5. The zero-order chi connectivity index (χ0) is 15.5. The molecule has 1 aromatic rings. The summed E-state index contributed by atoms with van der Waals surface area (Å²) >= 11 is 5.95.